The number of fused-ring (bicyclic) bond motifs is 1. The van der Waals surface area contributed by atoms with Gasteiger partial charge in [0.05, 0.1) is 17.6 Å². The van der Waals surface area contributed by atoms with Gasteiger partial charge in [-0.15, -0.1) is 0 Å². The summed E-state index contributed by atoms with van der Waals surface area (Å²) in [6, 6.07) is 11.2. The molecule has 0 saturated heterocycles. The van der Waals surface area contributed by atoms with Crippen molar-refractivity contribution in [1.29, 1.82) is 0 Å². The first-order valence-electron chi connectivity index (χ1n) is 10.1. The predicted octanol–water partition coefficient (Wildman–Crippen LogP) is 1.10. The van der Waals surface area contributed by atoms with Crippen LogP contribution >= 0.6 is 11.6 Å². The number of carbonyl (C=O) groups is 3. The Hall–Kier alpha value is -3.54. The molecule has 0 radical (unpaired) electrons. The summed E-state index contributed by atoms with van der Waals surface area (Å²) in [6.45, 7) is -1.46. The van der Waals surface area contributed by atoms with Crippen molar-refractivity contribution in [2.45, 2.75) is 19.3 Å². The van der Waals surface area contributed by atoms with E-state index in [1.807, 2.05) is 0 Å². The van der Waals surface area contributed by atoms with Crippen LogP contribution in [0.15, 0.2) is 42.5 Å². The van der Waals surface area contributed by atoms with E-state index in [-0.39, 0.29) is 29.4 Å². The number of halogens is 2. The number of aromatic nitrogens is 2. The van der Waals surface area contributed by atoms with Gasteiger partial charge in [0.2, 0.25) is 11.8 Å². The zero-order valence-electron chi connectivity index (χ0n) is 18.2. The summed E-state index contributed by atoms with van der Waals surface area (Å²) in [5.41, 5.74) is 6.46. The zero-order valence-corrected chi connectivity index (χ0v) is 19.0. The molecule has 0 aliphatic heterocycles. The number of ether oxygens (including phenoxy) is 1. The maximum Gasteiger partial charge on any atom is 0.325 e. The third-order valence-electron chi connectivity index (χ3n) is 4.99. The number of rotatable bonds is 9. The highest BCUT2D eigenvalue weighted by atomic mass is 35.5. The number of nitrogens with zero attached hydrogens (tertiary/aromatic N) is 3. The fraction of sp³-hybridized carbons (Fsp3) is 0.273. The van der Waals surface area contributed by atoms with Crippen molar-refractivity contribution in [2.75, 3.05) is 20.2 Å². The maximum atomic E-state index is 14.0. The first-order valence-corrected chi connectivity index (χ1v) is 10.5. The van der Waals surface area contributed by atoms with Crippen LogP contribution in [0.4, 0.5) is 4.39 Å². The van der Waals surface area contributed by atoms with Gasteiger partial charge in [-0.2, -0.15) is 5.10 Å². The molecule has 180 valence electrons. The summed E-state index contributed by atoms with van der Waals surface area (Å²) < 4.78 is 20.0. The Labute approximate surface area is 199 Å². The number of nitrogens with two attached hydrogens (primary N) is 1. The quantitative estimate of drug-likeness (QED) is 0.301. The number of esters is 1. The minimum atomic E-state index is -1.36. The topological polar surface area (TPSA) is 140 Å². The number of amides is 2. The van der Waals surface area contributed by atoms with E-state index in [1.54, 1.807) is 30.3 Å². The molecule has 0 aliphatic rings. The van der Waals surface area contributed by atoms with Gasteiger partial charge in [-0.05, 0) is 12.1 Å². The second-order valence-corrected chi connectivity index (χ2v) is 7.73. The molecule has 1 aromatic heterocycles. The molecule has 0 saturated carbocycles. The van der Waals surface area contributed by atoms with Gasteiger partial charge in [0.1, 0.15) is 37.4 Å². The molecule has 2 amide bonds. The van der Waals surface area contributed by atoms with Gasteiger partial charge < -0.3 is 25.8 Å². The molecule has 12 heteroatoms. The van der Waals surface area contributed by atoms with Crippen LogP contribution in [0, 0.1) is 5.82 Å². The number of benzene rings is 2. The predicted molar refractivity (Wildman–Crippen MR) is 121 cm³/mol. The number of hydrogen-bond donors (Lipinski definition) is 3. The first kappa shape index (κ1) is 25.1. The second-order valence-electron chi connectivity index (χ2n) is 7.32. The van der Waals surface area contributed by atoms with Crippen molar-refractivity contribution >= 4 is 40.3 Å². The molecule has 3 rings (SSSR count). The van der Waals surface area contributed by atoms with Crippen molar-refractivity contribution in [3.8, 4) is 0 Å². The smallest absolute Gasteiger partial charge is 0.325 e. The van der Waals surface area contributed by atoms with Gasteiger partial charge in [-0.25, -0.2) is 4.39 Å². The summed E-state index contributed by atoms with van der Waals surface area (Å²) in [4.78, 5) is 38.3. The number of carbonyl (C=O) groups excluding carboxylic acids is 3. The Kier molecular flexibility index (Phi) is 8.16. The van der Waals surface area contributed by atoms with E-state index in [1.165, 1.54) is 16.8 Å². The largest absolute Gasteiger partial charge is 0.468 e. The summed E-state index contributed by atoms with van der Waals surface area (Å²) in [6.07, 6.45) is -1.36. The monoisotopic (exact) mass is 491 g/mol. The second kappa shape index (κ2) is 11.1. The number of aliphatic hydroxyl groups is 1. The first-order chi connectivity index (χ1) is 16.2. The van der Waals surface area contributed by atoms with E-state index >= 15 is 0 Å². The fourth-order valence-corrected chi connectivity index (χ4v) is 3.48. The van der Waals surface area contributed by atoms with Crippen LogP contribution in [-0.2, 0) is 32.2 Å². The van der Waals surface area contributed by atoms with Crippen LogP contribution in [-0.4, -0.2) is 57.8 Å². The number of methoxy groups -OCH3 is 1. The number of aliphatic hydroxyl groups excluding tert-OH is 1. The average molecular weight is 492 g/mol. The molecule has 1 unspecified atom stereocenters. The Morgan fingerprint density at radius 2 is 1.97 bits per heavy atom. The van der Waals surface area contributed by atoms with Crippen LogP contribution in [0.3, 0.4) is 0 Å². The molecule has 1 atom stereocenters. The molecule has 0 bridgehead atoms. The highest BCUT2D eigenvalue weighted by Gasteiger charge is 2.23. The fourth-order valence-electron chi connectivity index (χ4n) is 3.28. The van der Waals surface area contributed by atoms with E-state index < -0.39 is 42.9 Å². The molecule has 0 fully saturated rings. The lowest BCUT2D eigenvalue weighted by atomic mass is 10.2. The molecular formula is C22H23ClFN5O5. The van der Waals surface area contributed by atoms with Crippen LogP contribution in [0.25, 0.3) is 10.9 Å². The lowest BCUT2D eigenvalue weighted by Gasteiger charge is -2.21. The molecular weight excluding hydrogens is 469 g/mol. The summed E-state index contributed by atoms with van der Waals surface area (Å²) in [5.74, 6) is -2.62. The van der Waals surface area contributed by atoms with Crippen LogP contribution < -0.4 is 11.1 Å². The normalized spacial score (nSPS) is 11.8. The summed E-state index contributed by atoms with van der Waals surface area (Å²) in [5, 5.41) is 17.0. The third kappa shape index (κ3) is 5.87. The molecule has 0 aliphatic carbocycles. The van der Waals surface area contributed by atoms with Crippen LogP contribution in [0.1, 0.15) is 17.5 Å². The molecule has 3 aromatic rings. The minimum Gasteiger partial charge on any atom is -0.468 e. The van der Waals surface area contributed by atoms with Gasteiger partial charge >= 0.3 is 5.97 Å². The SMILES string of the molecule is COC(=O)CN(CC(=O)NCc1cccc(Cl)c1F)C(=O)Cn1nc(C(N)O)c2ccccc21. The molecule has 34 heavy (non-hydrogen) atoms. The highest BCUT2D eigenvalue weighted by molar-refractivity contribution is 6.30. The molecule has 10 nitrogen and oxygen atoms in total. The average Bonchev–Trinajstić information content (AvgIpc) is 3.18. The molecule has 0 spiro atoms. The Balaban J connectivity index is 1.75. The van der Waals surface area contributed by atoms with Crippen LogP contribution in [0.2, 0.25) is 5.02 Å². The summed E-state index contributed by atoms with van der Waals surface area (Å²) in [7, 11) is 1.16. The molecule has 1 heterocycles. The van der Waals surface area contributed by atoms with E-state index in [4.69, 9.17) is 17.3 Å². The number of hydrogen-bond acceptors (Lipinski definition) is 7. The van der Waals surface area contributed by atoms with E-state index in [0.29, 0.717) is 10.9 Å². The lowest BCUT2D eigenvalue weighted by molar-refractivity contribution is -0.148. The van der Waals surface area contributed by atoms with Gasteiger partial charge in [-0.3, -0.25) is 19.1 Å². The Morgan fingerprint density at radius 1 is 1.24 bits per heavy atom. The van der Waals surface area contributed by atoms with Crippen molar-refractivity contribution in [1.82, 2.24) is 20.0 Å². The van der Waals surface area contributed by atoms with Crippen LogP contribution in [0.5, 0.6) is 0 Å². The standard InChI is InChI=1S/C22H23ClFN5O5/c1-34-19(32)12-28(10-17(30)26-9-13-5-4-7-15(23)20(13)24)18(31)11-29-16-8-3-2-6-14(16)21(27-29)22(25)33/h2-8,22,33H,9-12,25H2,1H3,(H,26,30). The minimum absolute atomic E-state index is 0.0809. The van der Waals surface area contributed by atoms with Crippen molar-refractivity contribution in [3.05, 3.63) is 64.6 Å². The lowest BCUT2D eigenvalue weighted by Crippen LogP contribution is -2.44. The highest BCUT2D eigenvalue weighted by Crippen LogP contribution is 2.22. The van der Waals surface area contributed by atoms with E-state index in [0.717, 1.165) is 12.0 Å². The van der Waals surface area contributed by atoms with Gasteiger partial charge in [0.15, 0.2) is 0 Å². The van der Waals surface area contributed by atoms with Gasteiger partial charge in [0.25, 0.3) is 0 Å². The third-order valence-corrected chi connectivity index (χ3v) is 5.29. The molecule has 2 aromatic carbocycles. The van der Waals surface area contributed by atoms with Gasteiger partial charge in [0, 0.05) is 17.5 Å². The Bertz CT molecular complexity index is 1220. The molecule has 4 N–H and O–H groups in total. The number of nitrogens with one attached hydrogen (secondary N) is 1. The maximum absolute atomic E-state index is 14.0. The van der Waals surface area contributed by atoms with Crippen molar-refractivity contribution in [2.24, 2.45) is 5.73 Å². The van der Waals surface area contributed by atoms with E-state index in [9.17, 15) is 23.9 Å². The van der Waals surface area contributed by atoms with Gasteiger partial charge in [-0.1, -0.05) is 41.9 Å². The Morgan fingerprint density at radius 3 is 2.68 bits per heavy atom. The van der Waals surface area contributed by atoms with E-state index in [2.05, 4.69) is 15.2 Å². The zero-order chi connectivity index (χ0) is 24.8. The van der Waals surface area contributed by atoms with Crippen molar-refractivity contribution in [3.63, 3.8) is 0 Å². The number of para-hydroxylation sites is 1. The summed E-state index contributed by atoms with van der Waals surface area (Å²) >= 11 is 5.74. The van der Waals surface area contributed by atoms with Crippen molar-refractivity contribution < 1.29 is 28.6 Å².